The first-order chi connectivity index (χ1) is 10.8. The molecule has 0 amide bonds. The lowest BCUT2D eigenvalue weighted by Crippen LogP contribution is -2.38. The van der Waals surface area contributed by atoms with E-state index in [1.165, 1.54) is 6.42 Å². The molecule has 0 unspecified atom stereocenters. The van der Waals surface area contributed by atoms with E-state index in [1.54, 1.807) is 12.4 Å². The van der Waals surface area contributed by atoms with Gasteiger partial charge in [-0.25, -0.2) is 9.97 Å². The van der Waals surface area contributed by atoms with Crippen molar-refractivity contribution < 1.29 is 4.42 Å². The Bertz CT molecular complexity index is 617. The van der Waals surface area contributed by atoms with Crippen molar-refractivity contribution in [3.8, 4) is 0 Å². The van der Waals surface area contributed by atoms with Gasteiger partial charge in [0.05, 0.1) is 6.54 Å². The highest BCUT2D eigenvalue weighted by Gasteiger charge is 2.25. The van der Waals surface area contributed by atoms with Crippen molar-refractivity contribution in [1.29, 1.82) is 0 Å². The van der Waals surface area contributed by atoms with Gasteiger partial charge in [0, 0.05) is 32.2 Å². The Morgan fingerprint density at radius 3 is 3.09 bits per heavy atom. The molecule has 7 heteroatoms. The molecule has 0 aromatic carbocycles. The average molecular weight is 322 g/mol. The normalized spacial score (nSPS) is 17.9. The predicted octanol–water partition coefficient (Wildman–Crippen LogP) is 2.52. The van der Waals surface area contributed by atoms with Gasteiger partial charge in [0.25, 0.3) is 0 Å². The SMILES string of the molecule is CNc1cc(N2CCC[C@H]2CNCc2ccc(Cl)o2)ncn1. The van der Waals surface area contributed by atoms with Gasteiger partial charge < -0.3 is 20.0 Å². The molecule has 0 spiro atoms. The maximum absolute atomic E-state index is 5.78. The minimum atomic E-state index is 0.430. The van der Waals surface area contributed by atoms with E-state index < -0.39 is 0 Å². The lowest BCUT2D eigenvalue weighted by molar-refractivity contribution is 0.472. The van der Waals surface area contributed by atoms with Crippen LogP contribution >= 0.6 is 11.6 Å². The maximum Gasteiger partial charge on any atom is 0.193 e. The molecule has 0 saturated carbocycles. The van der Waals surface area contributed by atoms with Crippen LogP contribution < -0.4 is 15.5 Å². The Kier molecular flexibility index (Phi) is 4.80. The third-order valence-electron chi connectivity index (χ3n) is 3.89. The summed E-state index contributed by atoms with van der Waals surface area (Å²) in [6.45, 7) is 2.60. The van der Waals surface area contributed by atoms with Crippen LogP contribution in [0.2, 0.25) is 5.22 Å². The number of halogens is 1. The van der Waals surface area contributed by atoms with Gasteiger partial charge in [0.1, 0.15) is 23.7 Å². The number of anilines is 2. The molecule has 3 heterocycles. The first kappa shape index (κ1) is 15.1. The van der Waals surface area contributed by atoms with Crippen LogP contribution in [0.15, 0.2) is 28.9 Å². The molecule has 2 aromatic rings. The Morgan fingerprint density at radius 2 is 2.32 bits per heavy atom. The van der Waals surface area contributed by atoms with Gasteiger partial charge in [-0.15, -0.1) is 0 Å². The molecule has 2 aromatic heterocycles. The van der Waals surface area contributed by atoms with Crippen molar-refractivity contribution in [1.82, 2.24) is 15.3 Å². The molecule has 1 fully saturated rings. The van der Waals surface area contributed by atoms with Crippen LogP contribution in [0, 0.1) is 0 Å². The lowest BCUT2D eigenvalue weighted by Gasteiger charge is -2.26. The minimum absolute atomic E-state index is 0.430. The summed E-state index contributed by atoms with van der Waals surface area (Å²) in [5.74, 6) is 2.67. The van der Waals surface area contributed by atoms with E-state index in [0.29, 0.717) is 17.8 Å². The molecule has 1 saturated heterocycles. The number of aromatic nitrogens is 2. The van der Waals surface area contributed by atoms with E-state index in [4.69, 9.17) is 16.0 Å². The molecule has 0 bridgehead atoms. The zero-order chi connectivity index (χ0) is 15.4. The Labute approximate surface area is 134 Å². The van der Waals surface area contributed by atoms with E-state index in [0.717, 1.165) is 36.9 Å². The summed E-state index contributed by atoms with van der Waals surface area (Å²) in [6, 6.07) is 6.08. The number of rotatable bonds is 6. The summed E-state index contributed by atoms with van der Waals surface area (Å²) in [4.78, 5) is 10.9. The van der Waals surface area contributed by atoms with E-state index >= 15 is 0 Å². The Hall–Kier alpha value is -1.79. The van der Waals surface area contributed by atoms with Crippen LogP contribution in [-0.4, -0.2) is 36.1 Å². The summed E-state index contributed by atoms with van der Waals surface area (Å²) in [5, 5.41) is 6.92. The standard InChI is InChI=1S/C15H20ClN5O/c1-17-14-7-15(20-10-19-14)21-6-2-3-11(21)8-18-9-12-4-5-13(16)22-12/h4-5,7,10-11,18H,2-3,6,8-9H2,1H3,(H,17,19,20)/t11-/m0/s1. The van der Waals surface area contributed by atoms with Crippen LogP contribution in [0.25, 0.3) is 0 Å². The number of nitrogens with one attached hydrogen (secondary N) is 2. The van der Waals surface area contributed by atoms with Gasteiger partial charge in [0.15, 0.2) is 5.22 Å². The van der Waals surface area contributed by atoms with Crippen LogP contribution in [0.4, 0.5) is 11.6 Å². The zero-order valence-electron chi connectivity index (χ0n) is 12.6. The van der Waals surface area contributed by atoms with Crippen LogP contribution in [-0.2, 0) is 6.54 Å². The highest BCUT2D eigenvalue weighted by atomic mass is 35.5. The predicted molar refractivity (Wildman–Crippen MR) is 87.4 cm³/mol. The van der Waals surface area contributed by atoms with E-state index in [-0.39, 0.29) is 0 Å². The third kappa shape index (κ3) is 3.51. The molecular formula is C15H20ClN5O. The second-order valence-electron chi connectivity index (χ2n) is 5.34. The van der Waals surface area contributed by atoms with Crippen LogP contribution in [0.1, 0.15) is 18.6 Å². The third-order valence-corrected chi connectivity index (χ3v) is 4.09. The number of hydrogen-bond donors (Lipinski definition) is 2. The van der Waals surface area contributed by atoms with Crippen LogP contribution in [0.5, 0.6) is 0 Å². The summed E-state index contributed by atoms with van der Waals surface area (Å²) >= 11 is 5.78. The van der Waals surface area contributed by atoms with Crippen LogP contribution in [0.3, 0.4) is 0 Å². The van der Waals surface area contributed by atoms with Gasteiger partial charge in [0.2, 0.25) is 0 Å². The summed E-state index contributed by atoms with van der Waals surface area (Å²) in [6.07, 6.45) is 3.94. The Morgan fingerprint density at radius 1 is 1.41 bits per heavy atom. The largest absolute Gasteiger partial charge is 0.448 e. The molecule has 6 nitrogen and oxygen atoms in total. The first-order valence-electron chi connectivity index (χ1n) is 7.47. The summed E-state index contributed by atoms with van der Waals surface area (Å²) < 4.78 is 5.35. The topological polar surface area (TPSA) is 66.2 Å². The molecule has 118 valence electrons. The molecule has 1 aliphatic heterocycles. The van der Waals surface area contributed by atoms with Crippen molar-refractivity contribution in [3.63, 3.8) is 0 Å². The molecule has 1 atom stereocenters. The number of furan rings is 1. The smallest absolute Gasteiger partial charge is 0.193 e. The van der Waals surface area contributed by atoms with Crippen molar-refractivity contribution in [2.45, 2.75) is 25.4 Å². The molecule has 0 aliphatic carbocycles. The van der Waals surface area contributed by atoms with Crippen molar-refractivity contribution in [2.24, 2.45) is 0 Å². The first-order valence-corrected chi connectivity index (χ1v) is 7.85. The zero-order valence-corrected chi connectivity index (χ0v) is 13.3. The molecular weight excluding hydrogens is 302 g/mol. The molecule has 1 aliphatic rings. The fourth-order valence-electron chi connectivity index (χ4n) is 2.80. The maximum atomic E-state index is 5.78. The highest BCUT2D eigenvalue weighted by Crippen LogP contribution is 2.24. The van der Waals surface area contributed by atoms with Gasteiger partial charge in [-0.2, -0.15) is 0 Å². The number of hydrogen-bond acceptors (Lipinski definition) is 6. The fraction of sp³-hybridized carbons (Fsp3) is 0.467. The second kappa shape index (κ2) is 6.98. The quantitative estimate of drug-likeness (QED) is 0.852. The molecule has 0 radical (unpaired) electrons. The van der Waals surface area contributed by atoms with E-state index in [2.05, 4.69) is 25.5 Å². The molecule has 2 N–H and O–H groups in total. The molecule has 3 rings (SSSR count). The van der Waals surface area contributed by atoms with Gasteiger partial charge in [-0.1, -0.05) is 0 Å². The van der Waals surface area contributed by atoms with Crippen molar-refractivity contribution in [2.75, 3.05) is 30.4 Å². The van der Waals surface area contributed by atoms with Crippen molar-refractivity contribution in [3.05, 3.63) is 35.5 Å². The fourth-order valence-corrected chi connectivity index (χ4v) is 2.96. The lowest BCUT2D eigenvalue weighted by atomic mass is 10.2. The van der Waals surface area contributed by atoms with Gasteiger partial charge >= 0.3 is 0 Å². The molecule has 22 heavy (non-hydrogen) atoms. The Balaban J connectivity index is 1.58. The summed E-state index contributed by atoms with van der Waals surface area (Å²) in [5.41, 5.74) is 0. The van der Waals surface area contributed by atoms with E-state index in [1.807, 2.05) is 19.2 Å². The monoisotopic (exact) mass is 321 g/mol. The second-order valence-corrected chi connectivity index (χ2v) is 5.71. The number of nitrogens with zero attached hydrogens (tertiary/aromatic N) is 3. The van der Waals surface area contributed by atoms with E-state index in [9.17, 15) is 0 Å². The minimum Gasteiger partial charge on any atom is -0.448 e. The average Bonchev–Trinajstić information content (AvgIpc) is 3.16. The van der Waals surface area contributed by atoms with Crippen molar-refractivity contribution >= 4 is 23.2 Å². The summed E-state index contributed by atoms with van der Waals surface area (Å²) in [7, 11) is 1.86. The van der Waals surface area contributed by atoms with Gasteiger partial charge in [-0.3, -0.25) is 0 Å². The highest BCUT2D eigenvalue weighted by molar-refractivity contribution is 6.28. The van der Waals surface area contributed by atoms with Gasteiger partial charge in [-0.05, 0) is 36.6 Å².